The number of thiazole rings is 1. The van der Waals surface area contributed by atoms with Crippen LogP contribution in [0.2, 0.25) is 0 Å². The Balaban J connectivity index is 1.89. The number of aromatic nitrogens is 1. The summed E-state index contributed by atoms with van der Waals surface area (Å²) in [5.41, 5.74) is 1.00. The van der Waals surface area contributed by atoms with Crippen molar-refractivity contribution in [1.82, 2.24) is 15.2 Å². The average molecular weight is 313 g/mol. The lowest BCUT2D eigenvalue weighted by atomic mass is 10.2. The summed E-state index contributed by atoms with van der Waals surface area (Å²) in [6.07, 6.45) is 1.00. The van der Waals surface area contributed by atoms with Gasteiger partial charge in [0.05, 0.1) is 25.3 Å². The monoisotopic (exact) mass is 313 g/mol. The average Bonchev–Trinajstić information content (AvgIpc) is 2.79. The van der Waals surface area contributed by atoms with Crippen molar-refractivity contribution in [3.8, 4) is 0 Å². The summed E-state index contributed by atoms with van der Waals surface area (Å²) in [6, 6.07) is 0. The topological polar surface area (TPSA) is 91.8 Å². The second-order valence-electron chi connectivity index (χ2n) is 4.85. The fraction of sp³-hybridized carbons (Fsp3) is 0.615. The van der Waals surface area contributed by atoms with Crippen LogP contribution in [0.15, 0.2) is 0 Å². The Morgan fingerprint density at radius 1 is 1.52 bits per heavy atom. The Morgan fingerprint density at radius 3 is 3.05 bits per heavy atom. The van der Waals surface area contributed by atoms with Gasteiger partial charge < -0.3 is 15.2 Å². The highest BCUT2D eigenvalue weighted by molar-refractivity contribution is 7.11. The summed E-state index contributed by atoms with van der Waals surface area (Å²) in [5, 5.41) is 12.4. The van der Waals surface area contributed by atoms with Crippen LogP contribution in [0.5, 0.6) is 0 Å². The predicted molar refractivity (Wildman–Crippen MR) is 77.3 cm³/mol. The molecule has 2 N–H and O–H groups in total. The second kappa shape index (κ2) is 7.48. The molecule has 2 rings (SSSR count). The van der Waals surface area contributed by atoms with Crippen LogP contribution in [0.3, 0.4) is 0 Å². The molecule has 21 heavy (non-hydrogen) atoms. The normalized spacial score (nSPS) is 14.7. The molecule has 0 saturated heterocycles. The van der Waals surface area contributed by atoms with E-state index in [1.165, 1.54) is 11.3 Å². The molecule has 0 bridgehead atoms. The van der Waals surface area contributed by atoms with E-state index in [0.717, 1.165) is 22.0 Å². The van der Waals surface area contributed by atoms with Gasteiger partial charge in [-0.25, -0.2) is 4.98 Å². The molecule has 1 aliphatic heterocycles. The quantitative estimate of drug-likeness (QED) is 0.683. The first-order valence-corrected chi connectivity index (χ1v) is 7.57. The van der Waals surface area contributed by atoms with Crippen LogP contribution in [0.25, 0.3) is 0 Å². The van der Waals surface area contributed by atoms with E-state index in [1.54, 1.807) is 7.11 Å². The lowest BCUT2D eigenvalue weighted by Crippen LogP contribution is -2.34. The van der Waals surface area contributed by atoms with Crippen LogP contribution in [-0.2, 0) is 33.7 Å². The van der Waals surface area contributed by atoms with Crippen LogP contribution in [0.1, 0.15) is 15.6 Å². The summed E-state index contributed by atoms with van der Waals surface area (Å²) in [6.45, 7) is 2.33. The van der Waals surface area contributed by atoms with Crippen LogP contribution >= 0.6 is 11.3 Å². The molecule has 2 heterocycles. The number of carbonyl (C=O) groups excluding carboxylic acids is 1. The summed E-state index contributed by atoms with van der Waals surface area (Å²) >= 11 is 1.50. The lowest BCUT2D eigenvalue weighted by Gasteiger charge is -2.23. The first-order valence-electron chi connectivity index (χ1n) is 6.75. The number of hydrogen-bond acceptors (Lipinski definition) is 6. The fourth-order valence-electron chi connectivity index (χ4n) is 2.20. The van der Waals surface area contributed by atoms with E-state index >= 15 is 0 Å². The third kappa shape index (κ3) is 4.76. The summed E-state index contributed by atoms with van der Waals surface area (Å²) in [4.78, 5) is 29.9. The van der Waals surface area contributed by atoms with Gasteiger partial charge in [0.25, 0.3) is 0 Å². The predicted octanol–water partition coefficient (Wildman–Crippen LogP) is -0.109. The van der Waals surface area contributed by atoms with Crippen LogP contribution in [0, 0.1) is 0 Å². The van der Waals surface area contributed by atoms with E-state index in [9.17, 15) is 9.59 Å². The number of methoxy groups -OCH3 is 1. The number of carboxylic acid groups (broad SMARTS) is 1. The number of amides is 1. The van der Waals surface area contributed by atoms with Crippen molar-refractivity contribution in [3.63, 3.8) is 0 Å². The number of nitrogens with one attached hydrogen (secondary N) is 1. The minimum Gasteiger partial charge on any atom is -0.480 e. The lowest BCUT2D eigenvalue weighted by molar-refractivity contribution is -0.138. The molecule has 116 valence electrons. The van der Waals surface area contributed by atoms with Gasteiger partial charge in [-0.3, -0.25) is 14.5 Å². The molecule has 1 amide bonds. The second-order valence-corrected chi connectivity index (χ2v) is 6.02. The van der Waals surface area contributed by atoms with Gasteiger partial charge in [0.2, 0.25) is 5.91 Å². The van der Waals surface area contributed by atoms with Gasteiger partial charge in [0, 0.05) is 38.0 Å². The molecule has 0 fully saturated rings. The van der Waals surface area contributed by atoms with Gasteiger partial charge in [-0.2, -0.15) is 0 Å². The van der Waals surface area contributed by atoms with Crippen molar-refractivity contribution in [3.05, 3.63) is 15.6 Å². The molecule has 1 aromatic rings. The van der Waals surface area contributed by atoms with Crippen molar-refractivity contribution in [2.24, 2.45) is 0 Å². The Morgan fingerprint density at radius 2 is 2.33 bits per heavy atom. The number of rotatable bonds is 7. The zero-order chi connectivity index (χ0) is 15.2. The van der Waals surface area contributed by atoms with Crippen LogP contribution in [-0.4, -0.2) is 60.2 Å². The molecule has 0 saturated carbocycles. The number of fused-ring (bicyclic) bond motifs is 1. The highest BCUT2D eigenvalue weighted by Gasteiger charge is 2.22. The van der Waals surface area contributed by atoms with Crippen molar-refractivity contribution in [2.45, 2.75) is 19.4 Å². The van der Waals surface area contributed by atoms with E-state index in [4.69, 9.17) is 9.84 Å². The van der Waals surface area contributed by atoms with Gasteiger partial charge in [0.15, 0.2) is 0 Å². The Labute approximate surface area is 126 Å². The maximum Gasteiger partial charge on any atom is 0.317 e. The van der Waals surface area contributed by atoms with Gasteiger partial charge in [-0.15, -0.1) is 11.3 Å². The molecule has 8 heteroatoms. The first kappa shape index (κ1) is 15.9. The molecular weight excluding hydrogens is 294 g/mol. The van der Waals surface area contributed by atoms with Crippen molar-refractivity contribution in [2.75, 3.05) is 33.4 Å². The van der Waals surface area contributed by atoms with Crippen LogP contribution < -0.4 is 5.32 Å². The summed E-state index contributed by atoms with van der Waals surface area (Å²) in [5.74, 6) is -0.888. The van der Waals surface area contributed by atoms with Crippen molar-refractivity contribution < 1.29 is 19.4 Å². The molecule has 0 aromatic carbocycles. The SMILES string of the molecule is COCCNC(=O)Cc1nc2c(s1)CN(CC(=O)O)CC2. The smallest absolute Gasteiger partial charge is 0.317 e. The van der Waals surface area contributed by atoms with Gasteiger partial charge in [0.1, 0.15) is 5.01 Å². The number of nitrogens with zero attached hydrogens (tertiary/aromatic N) is 2. The Bertz CT molecular complexity index is 518. The minimum atomic E-state index is -0.819. The standard InChI is InChI=1S/C13H19N3O4S/c1-20-5-3-14-11(17)6-12-15-9-2-4-16(8-13(18)19)7-10(9)21-12/h2-8H2,1H3,(H,14,17)(H,18,19). The van der Waals surface area contributed by atoms with Gasteiger partial charge in [-0.05, 0) is 0 Å². The molecule has 0 spiro atoms. The number of aliphatic carboxylic acids is 1. The zero-order valence-electron chi connectivity index (χ0n) is 11.9. The van der Waals surface area contributed by atoms with E-state index in [1.807, 2.05) is 4.90 Å². The highest BCUT2D eigenvalue weighted by atomic mass is 32.1. The van der Waals surface area contributed by atoms with Crippen molar-refractivity contribution >= 4 is 23.2 Å². The molecular formula is C13H19N3O4S. The van der Waals surface area contributed by atoms with E-state index in [0.29, 0.717) is 26.2 Å². The third-order valence-electron chi connectivity index (χ3n) is 3.15. The number of ether oxygens (including phenoxy) is 1. The largest absolute Gasteiger partial charge is 0.480 e. The van der Waals surface area contributed by atoms with Crippen molar-refractivity contribution in [1.29, 1.82) is 0 Å². The molecule has 7 nitrogen and oxygen atoms in total. The first-order chi connectivity index (χ1) is 10.1. The molecule has 1 aromatic heterocycles. The molecule has 1 aliphatic rings. The summed E-state index contributed by atoms with van der Waals surface area (Å²) < 4.78 is 4.87. The van der Waals surface area contributed by atoms with Gasteiger partial charge >= 0.3 is 5.97 Å². The summed E-state index contributed by atoms with van der Waals surface area (Å²) in [7, 11) is 1.59. The molecule has 0 atom stereocenters. The molecule has 0 radical (unpaired) electrons. The Hall–Kier alpha value is -1.51. The Kier molecular flexibility index (Phi) is 5.66. The third-order valence-corrected chi connectivity index (χ3v) is 4.24. The van der Waals surface area contributed by atoms with E-state index in [2.05, 4.69) is 10.3 Å². The number of carbonyl (C=O) groups is 2. The number of hydrogen-bond donors (Lipinski definition) is 2. The maximum absolute atomic E-state index is 11.7. The number of carboxylic acids is 1. The van der Waals surface area contributed by atoms with Crippen LogP contribution in [0.4, 0.5) is 0 Å². The maximum atomic E-state index is 11.7. The highest BCUT2D eigenvalue weighted by Crippen LogP contribution is 2.25. The van der Waals surface area contributed by atoms with E-state index < -0.39 is 5.97 Å². The van der Waals surface area contributed by atoms with E-state index in [-0.39, 0.29) is 18.9 Å². The zero-order valence-corrected chi connectivity index (χ0v) is 12.7. The van der Waals surface area contributed by atoms with Gasteiger partial charge in [-0.1, -0.05) is 0 Å². The molecule has 0 unspecified atom stereocenters. The molecule has 0 aliphatic carbocycles. The fourth-order valence-corrected chi connectivity index (χ4v) is 3.35. The minimum absolute atomic E-state index is 0.0458.